The second-order valence-electron chi connectivity index (χ2n) is 3.45. The first-order valence-electron chi connectivity index (χ1n) is 4.40. The van der Waals surface area contributed by atoms with Gasteiger partial charge in [-0.25, -0.2) is 0 Å². The van der Waals surface area contributed by atoms with Gasteiger partial charge in [0.25, 0.3) is 0 Å². The third-order valence-corrected chi connectivity index (χ3v) is 2.73. The minimum atomic E-state index is 0.495. The van der Waals surface area contributed by atoms with E-state index in [-0.39, 0.29) is 0 Å². The molecule has 0 saturated carbocycles. The van der Waals surface area contributed by atoms with Crippen molar-refractivity contribution in [3.63, 3.8) is 0 Å². The number of nitrogens with one attached hydrogen (secondary N) is 1. The highest BCUT2D eigenvalue weighted by Crippen LogP contribution is 2.17. The van der Waals surface area contributed by atoms with Crippen molar-refractivity contribution in [2.45, 2.75) is 18.6 Å². The molecular formula is C8H16N2O. The fourth-order valence-electron chi connectivity index (χ4n) is 1.97. The van der Waals surface area contributed by atoms with Crippen molar-refractivity contribution >= 4 is 0 Å². The van der Waals surface area contributed by atoms with E-state index < -0.39 is 0 Å². The predicted octanol–water partition coefficient (Wildman–Crippen LogP) is -0.321. The van der Waals surface area contributed by atoms with Gasteiger partial charge in [-0.15, -0.1) is 0 Å². The third kappa shape index (κ3) is 1.41. The van der Waals surface area contributed by atoms with Gasteiger partial charge in [0.2, 0.25) is 0 Å². The van der Waals surface area contributed by atoms with Gasteiger partial charge >= 0.3 is 0 Å². The monoisotopic (exact) mass is 156 g/mol. The van der Waals surface area contributed by atoms with Crippen LogP contribution in [0.15, 0.2) is 0 Å². The number of fused-ring (bicyclic) bond motifs is 1. The molecule has 0 unspecified atom stereocenters. The Labute approximate surface area is 67.7 Å². The number of hydrogen-bond donors (Lipinski definition) is 1. The first kappa shape index (κ1) is 7.53. The van der Waals surface area contributed by atoms with Gasteiger partial charge in [0, 0.05) is 19.1 Å². The molecule has 3 nitrogen and oxygen atoms in total. The Bertz CT molecular complexity index is 138. The molecule has 0 aromatic heterocycles. The summed E-state index contributed by atoms with van der Waals surface area (Å²) in [7, 11) is 2.19. The van der Waals surface area contributed by atoms with Crippen LogP contribution in [0.5, 0.6) is 0 Å². The van der Waals surface area contributed by atoms with Gasteiger partial charge < -0.3 is 10.1 Å². The van der Waals surface area contributed by atoms with Crippen molar-refractivity contribution in [2.24, 2.45) is 0 Å². The van der Waals surface area contributed by atoms with E-state index in [4.69, 9.17) is 4.74 Å². The summed E-state index contributed by atoms with van der Waals surface area (Å²) in [6, 6.07) is 0.623. The predicted molar refractivity (Wildman–Crippen MR) is 43.6 cm³/mol. The molecule has 0 aromatic carbocycles. The lowest BCUT2D eigenvalue weighted by molar-refractivity contribution is -0.0730. The zero-order valence-corrected chi connectivity index (χ0v) is 7.05. The lowest BCUT2D eigenvalue weighted by Crippen LogP contribution is -2.57. The average Bonchev–Trinajstić information content (AvgIpc) is 2.06. The summed E-state index contributed by atoms with van der Waals surface area (Å²) in [4.78, 5) is 2.40. The summed E-state index contributed by atoms with van der Waals surface area (Å²) in [6.07, 6.45) is 1.67. The van der Waals surface area contributed by atoms with Gasteiger partial charge in [-0.3, -0.25) is 4.90 Å². The SMILES string of the molecule is CN1CCO[C@@H]2CCNC[C@H]21. The summed E-state index contributed by atoms with van der Waals surface area (Å²) in [5, 5.41) is 3.39. The molecule has 2 fully saturated rings. The van der Waals surface area contributed by atoms with Gasteiger partial charge in [0.15, 0.2) is 0 Å². The maximum atomic E-state index is 5.67. The lowest BCUT2D eigenvalue weighted by Gasteiger charge is -2.42. The molecule has 2 rings (SSSR count). The Morgan fingerprint density at radius 3 is 3.27 bits per heavy atom. The minimum Gasteiger partial charge on any atom is -0.375 e. The van der Waals surface area contributed by atoms with Gasteiger partial charge in [-0.05, 0) is 20.0 Å². The number of piperidine rings is 1. The van der Waals surface area contributed by atoms with Crippen LogP contribution in [0, 0.1) is 0 Å². The van der Waals surface area contributed by atoms with Gasteiger partial charge in [-0.2, -0.15) is 0 Å². The van der Waals surface area contributed by atoms with Crippen molar-refractivity contribution in [2.75, 3.05) is 33.3 Å². The maximum Gasteiger partial charge on any atom is 0.0755 e. The van der Waals surface area contributed by atoms with E-state index in [2.05, 4.69) is 17.3 Å². The average molecular weight is 156 g/mol. The molecule has 0 spiro atoms. The van der Waals surface area contributed by atoms with Crippen LogP contribution < -0.4 is 5.32 Å². The van der Waals surface area contributed by atoms with Crippen LogP contribution in [0.3, 0.4) is 0 Å². The summed E-state index contributed by atoms with van der Waals surface area (Å²) in [6.45, 7) is 4.22. The third-order valence-electron chi connectivity index (χ3n) is 2.73. The summed E-state index contributed by atoms with van der Waals surface area (Å²) in [5.41, 5.74) is 0. The molecule has 2 aliphatic rings. The molecule has 2 atom stereocenters. The van der Waals surface area contributed by atoms with Crippen molar-refractivity contribution in [1.29, 1.82) is 0 Å². The molecule has 0 bridgehead atoms. The molecule has 64 valence electrons. The van der Waals surface area contributed by atoms with Crippen molar-refractivity contribution < 1.29 is 4.74 Å². The van der Waals surface area contributed by atoms with E-state index in [1.807, 2.05) is 0 Å². The molecule has 2 saturated heterocycles. The van der Waals surface area contributed by atoms with Crippen LogP contribution in [-0.2, 0) is 4.74 Å². The van der Waals surface area contributed by atoms with Crippen molar-refractivity contribution in [1.82, 2.24) is 10.2 Å². The zero-order chi connectivity index (χ0) is 7.68. The Morgan fingerprint density at radius 2 is 2.45 bits per heavy atom. The fourth-order valence-corrected chi connectivity index (χ4v) is 1.97. The molecule has 0 aromatic rings. The highest BCUT2D eigenvalue weighted by molar-refractivity contribution is 4.87. The zero-order valence-electron chi connectivity index (χ0n) is 7.05. The second-order valence-corrected chi connectivity index (χ2v) is 3.45. The molecule has 2 aliphatic heterocycles. The number of morpholine rings is 1. The number of hydrogen-bond acceptors (Lipinski definition) is 3. The Kier molecular flexibility index (Phi) is 2.11. The molecule has 0 aliphatic carbocycles. The highest BCUT2D eigenvalue weighted by atomic mass is 16.5. The Balaban J connectivity index is 1.99. The van der Waals surface area contributed by atoms with Crippen LogP contribution in [0.4, 0.5) is 0 Å². The van der Waals surface area contributed by atoms with Crippen LogP contribution in [0.25, 0.3) is 0 Å². The van der Waals surface area contributed by atoms with Gasteiger partial charge in [0.05, 0.1) is 12.7 Å². The largest absolute Gasteiger partial charge is 0.375 e. The quantitative estimate of drug-likeness (QED) is 0.520. The van der Waals surface area contributed by atoms with Gasteiger partial charge in [0.1, 0.15) is 0 Å². The summed E-state index contributed by atoms with van der Waals surface area (Å²) in [5.74, 6) is 0. The summed E-state index contributed by atoms with van der Waals surface area (Å²) < 4.78 is 5.67. The normalized spacial score (nSPS) is 40.1. The number of nitrogens with zero attached hydrogens (tertiary/aromatic N) is 1. The molecule has 1 N–H and O–H groups in total. The molecule has 3 heteroatoms. The fraction of sp³-hybridized carbons (Fsp3) is 1.00. The van der Waals surface area contributed by atoms with E-state index in [9.17, 15) is 0 Å². The minimum absolute atomic E-state index is 0.495. The van der Waals surface area contributed by atoms with E-state index in [1.165, 1.54) is 6.42 Å². The standard InChI is InChI=1S/C8H16N2O/c1-10-4-5-11-8-2-3-9-6-7(8)10/h7-9H,2-6H2,1H3/t7-,8-/m1/s1. The molecule has 0 radical (unpaired) electrons. The van der Waals surface area contributed by atoms with Crippen LogP contribution >= 0.6 is 0 Å². The Hall–Kier alpha value is -0.120. The smallest absolute Gasteiger partial charge is 0.0755 e. The van der Waals surface area contributed by atoms with E-state index in [0.29, 0.717) is 12.1 Å². The summed E-state index contributed by atoms with van der Waals surface area (Å²) >= 11 is 0. The number of rotatable bonds is 0. The van der Waals surface area contributed by atoms with Crippen molar-refractivity contribution in [3.8, 4) is 0 Å². The molecule has 0 amide bonds. The molecule has 11 heavy (non-hydrogen) atoms. The topological polar surface area (TPSA) is 24.5 Å². The highest BCUT2D eigenvalue weighted by Gasteiger charge is 2.31. The first-order valence-corrected chi connectivity index (χ1v) is 4.40. The first-order chi connectivity index (χ1) is 5.38. The lowest BCUT2D eigenvalue weighted by atomic mass is 10.0. The number of ether oxygens (including phenoxy) is 1. The second kappa shape index (κ2) is 3.09. The molecular weight excluding hydrogens is 140 g/mol. The van der Waals surface area contributed by atoms with Gasteiger partial charge in [-0.1, -0.05) is 0 Å². The van der Waals surface area contributed by atoms with E-state index in [0.717, 1.165) is 26.2 Å². The number of likely N-dealkylation sites (N-methyl/N-ethyl adjacent to an activating group) is 1. The van der Waals surface area contributed by atoms with Crippen molar-refractivity contribution in [3.05, 3.63) is 0 Å². The van der Waals surface area contributed by atoms with E-state index >= 15 is 0 Å². The van der Waals surface area contributed by atoms with E-state index in [1.54, 1.807) is 0 Å². The van der Waals surface area contributed by atoms with Crippen LogP contribution in [-0.4, -0.2) is 50.3 Å². The molecule has 2 heterocycles. The Morgan fingerprint density at radius 1 is 1.55 bits per heavy atom. The maximum absolute atomic E-state index is 5.67. The van der Waals surface area contributed by atoms with Crippen LogP contribution in [0.1, 0.15) is 6.42 Å². The van der Waals surface area contributed by atoms with Crippen LogP contribution in [0.2, 0.25) is 0 Å².